The molecule has 104 valence electrons. The minimum atomic E-state index is 0.701. The van der Waals surface area contributed by atoms with E-state index >= 15 is 0 Å². The summed E-state index contributed by atoms with van der Waals surface area (Å²) in [6, 6.07) is 0. The van der Waals surface area contributed by atoms with Crippen LogP contribution in [0.15, 0.2) is 0 Å². The minimum Gasteiger partial charge on any atom is -0.382 e. The molecule has 0 aromatic rings. The van der Waals surface area contributed by atoms with Crippen LogP contribution >= 0.6 is 0 Å². The van der Waals surface area contributed by atoms with Gasteiger partial charge in [-0.05, 0) is 44.2 Å². The highest BCUT2D eigenvalue weighted by molar-refractivity contribution is 4.64. The van der Waals surface area contributed by atoms with Crippen LogP contribution in [0.5, 0.6) is 0 Å². The van der Waals surface area contributed by atoms with Gasteiger partial charge in [-0.25, -0.2) is 0 Å². The molecule has 0 rings (SSSR count). The topological polar surface area (TPSA) is 30.5 Å². The minimum absolute atomic E-state index is 0.701. The third-order valence-electron chi connectivity index (χ3n) is 3.24. The Balaban J connectivity index is 3.34. The van der Waals surface area contributed by atoms with Crippen molar-refractivity contribution in [2.45, 2.75) is 40.0 Å². The summed E-state index contributed by atoms with van der Waals surface area (Å²) in [5.74, 6) is 1.52. The van der Waals surface area contributed by atoms with Gasteiger partial charge in [-0.15, -0.1) is 0 Å². The Morgan fingerprint density at radius 1 is 1.06 bits per heavy atom. The van der Waals surface area contributed by atoms with Crippen molar-refractivity contribution in [2.24, 2.45) is 11.8 Å². The van der Waals surface area contributed by atoms with Crippen LogP contribution in [0.2, 0.25) is 0 Å². The molecule has 0 bridgehead atoms. The van der Waals surface area contributed by atoms with Gasteiger partial charge in [0.15, 0.2) is 0 Å². The maximum atomic E-state index is 5.46. The van der Waals surface area contributed by atoms with Gasteiger partial charge in [-0.3, -0.25) is 0 Å². The highest BCUT2D eigenvalue weighted by atomic mass is 16.5. The van der Waals surface area contributed by atoms with Crippen LogP contribution < -0.4 is 5.32 Å². The van der Waals surface area contributed by atoms with Crippen molar-refractivity contribution in [1.29, 1.82) is 0 Å². The fraction of sp³-hybridized carbons (Fsp3) is 1.00. The molecule has 0 radical (unpaired) electrons. The molecule has 3 nitrogen and oxygen atoms in total. The predicted octanol–water partition coefficient (Wildman–Crippen LogP) is 2.70. The van der Waals surface area contributed by atoms with Crippen LogP contribution in [0.4, 0.5) is 0 Å². The molecule has 2 unspecified atom stereocenters. The van der Waals surface area contributed by atoms with Crippen LogP contribution in [-0.4, -0.2) is 40.0 Å². The van der Waals surface area contributed by atoms with E-state index in [0.29, 0.717) is 6.61 Å². The van der Waals surface area contributed by atoms with Gasteiger partial charge in [0.05, 0.1) is 13.2 Å². The Bertz CT molecular complexity index is 153. The van der Waals surface area contributed by atoms with Crippen LogP contribution in [-0.2, 0) is 9.47 Å². The van der Waals surface area contributed by atoms with Gasteiger partial charge in [0.25, 0.3) is 0 Å². The SMILES string of the molecule is CCCNCC(C)C(C)CCCOCCOC. The van der Waals surface area contributed by atoms with Gasteiger partial charge in [0.2, 0.25) is 0 Å². The summed E-state index contributed by atoms with van der Waals surface area (Å²) in [6.45, 7) is 11.4. The van der Waals surface area contributed by atoms with Gasteiger partial charge >= 0.3 is 0 Å². The molecular formula is C14H31NO2. The number of methoxy groups -OCH3 is 1. The lowest BCUT2D eigenvalue weighted by Crippen LogP contribution is -2.26. The maximum absolute atomic E-state index is 5.46. The molecule has 0 spiro atoms. The molecule has 0 aliphatic heterocycles. The number of rotatable bonds is 12. The molecule has 0 aromatic heterocycles. The van der Waals surface area contributed by atoms with Gasteiger partial charge in [0.1, 0.15) is 0 Å². The second kappa shape index (κ2) is 12.3. The summed E-state index contributed by atoms with van der Waals surface area (Å²) in [5, 5.41) is 3.49. The van der Waals surface area contributed by atoms with E-state index in [-0.39, 0.29) is 0 Å². The van der Waals surface area contributed by atoms with Crippen molar-refractivity contribution in [1.82, 2.24) is 5.32 Å². The van der Waals surface area contributed by atoms with Gasteiger partial charge in [-0.1, -0.05) is 20.8 Å². The molecular weight excluding hydrogens is 214 g/mol. The Hall–Kier alpha value is -0.120. The fourth-order valence-electron chi connectivity index (χ4n) is 1.74. The Morgan fingerprint density at radius 3 is 2.47 bits per heavy atom. The van der Waals surface area contributed by atoms with Crippen molar-refractivity contribution in [3.8, 4) is 0 Å². The van der Waals surface area contributed by atoms with Gasteiger partial charge in [0, 0.05) is 13.7 Å². The second-order valence-corrected chi connectivity index (χ2v) is 4.91. The Morgan fingerprint density at radius 2 is 1.82 bits per heavy atom. The van der Waals surface area contributed by atoms with E-state index in [9.17, 15) is 0 Å². The molecule has 0 saturated carbocycles. The van der Waals surface area contributed by atoms with Crippen LogP contribution in [0.3, 0.4) is 0 Å². The van der Waals surface area contributed by atoms with E-state index in [2.05, 4.69) is 26.1 Å². The number of nitrogens with one attached hydrogen (secondary N) is 1. The number of hydrogen-bond acceptors (Lipinski definition) is 3. The normalized spacial score (nSPS) is 14.8. The smallest absolute Gasteiger partial charge is 0.0700 e. The molecule has 1 N–H and O–H groups in total. The molecule has 0 aliphatic carbocycles. The molecule has 3 heteroatoms. The fourth-order valence-corrected chi connectivity index (χ4v) is 1.74. The summed E-state index contributed by atoms with van der Waals surface area (Å²) in [6.07, 6.45) is 3.62. The third-order valence-corrected chi connectivity index (χ3v) is 3.24. The molecule has 0 amide bonds. The molecule has 2 atom stereocenters. The Kier molecular flexibility index (Phi) is 12.3. The second-order valence-electron chi connectivity index (χ2n) is 4.91. The summed E-state index contributed by atoms with van der Waals surface area (Å²) < 4.78 is 10.4. The summed E-state index contributed by atoms with van der Waals surface area (Å²) in [5.41, 5.74) is 0. The van der Waals surface area contributed by atoms with E-state index in [1.165, 1.54) is 12.8 Å². The molecule has 0 saturated heterocycles. The van der Waals surface area contributed by atoms with E-state index in [1.54, 1.807) is 7.11 Å². The number of hydrogen-bond donors (Lipinski definition) is 1. The zero-order valence-corrected chi connectivity index (χ0v) is 12.1. The molecule has 0 fully saturated rings. The molecule has 17 heavy (non-hydrogen) atoms. The summed E-state index contributed by atoms with van der Waals surface area (Å²) >= 11 is 0. The van der Waals surface area contributed by atoms with E-state index in [0.717, 1.165) is 44.6 Å². The van der Waals surface area contributed by atoms with Crippen molar-refractivity contribution >= 4 is 0 Å². The zero-order chi connectivity index (χ0) is 12.9. The van der Waals surface area contributed by atoms with Crippen molar-refractivity contribution in [3.63, 3.8) is 0 Å². The largest absolute Gasteiger partial charge is 0.382 e. The van der Waals surface area contributed by atoms with Crippen LogP contribution in [0.25, 0.3) is 0 Å². The standard InChI is InChI=1S/C14H31NO2/c1-5-8-15-12-14(3)13(2)7-6-9-17-11-10-16-4/h13-15H,5-12H2,1-4H3. The van der Waals surface area contributed by atoms with Crippen molar-refractivity contribution < 1.29 is 9.47 Å². The third kappa shape index (κ3) is 10.7. The first-order valence-corrected chi connectivity index (χ1v) is 6.99. The lowest BCUT2D eigenvalue weighted by molar-refractivity contribution is 0.0665. The van der Waals surface area contributed by atoms with Crippen molar-refractivity contribution in [2.75, 3.05) is 40.0 Å². The average Bonchev–Trinajstić information content (AvgIpc) is 2.33. The predicted molar refractivity (Wildman–Crippen MR) is 73.4 cm³/mol. The van der Waals surface area contributed by atoms with E-state index in [4.69, 9.17) is 9.47 Å². The molecule has 0 aromatic carbocycles. The first-order chi connectivity index (χ1) is 8.22. The number of ether oxygens (including phenoxy) is 2. The lowest BCUT2D eigenvalue weighted by atomic mass is 9.91. The quantitative estimate of drug-likeness (QED) is 0.536. The zero-order valence-electron chi connectivity index (χ0n) is 12.1. The van der Waals surface area contributed by atoms with E-state index in [1.807, 2.05) is 0 Å². The van der Waals surface area contributed by atoms with Crippen molar-refractivity contribution in [3.05, 3.63) is 0 Å². The highest BCUT2D eigenvalue weighted by Gasteiger charge is 2.11. The summed E-state index contributed by atoms with van der Waals surface area (Å²) in [4.78, 5) is 0. The average molecular weight is 245 g/mol. The van der Waals surface area contributed by atoms with Gasteiger partial charge < -0.3 is 14.8 Å². The van der Waals surface area contributed by atoms with Gasteiger partial charge in [-0.2, -0.15) is 0 Å². The van der Waals surface area contributed by atoms with Crippen LogP contribution in [0.1, 0.15) is 40.0 Å². The first-order valence-electron chi connectivity index (χ1n) is 6.99. The monoisotopic (exact) mass is 245 g/mol. The highest BCUT2D eigenvalue weighted by Crippen LogP contribution is 2.16. The summed E-state index contributed by atoms with van der Waals surface area (Å²) in [7, 11) is 1.70. The Labute approximate surface area is 107 Å². The first kappa shape index (κ1) is 16.9. The molecule has 0 heterocycles. The van der Waals surface area contributed by atoms with Crippen LogP contribution in [0, 0.1) is 11.8 Å². The lowest BCUT2D eigenvalue weighted by Gasteiger charge is -2.20. The maximum Gasteiger partial charge on any atom is 0.0700 e. The van der Waals surface area contributed by atoms with E-state index < -0.39 is 0 Å². The molecule has 0 aliphatic rings.